The Kier molecular flexibility index (Phi) is 7.34. The van der Waals surface area contributed by atoms with Gasteiger partial charge in [-0.3, -0.25) is 0 Å². The van der Waals surface area contributed by atoms with Crippen LogP contribution in [0.1, 0.15) is 13.8 Å². The van der Waals surface area contributed by atoms with Crippen LogP contribution in [0.4, 0.5) is 26.3 Å². The Morgan fingerprint density at radius 3 is 1.65 bits per heavy atom. The molecule has 0 atom stereocenters. The normalized spacial score (nSPS) is 15.5. The van der Waals surface area contributed by atoms with Crippen molar-refractivity contribution in [2.45, 2.75) is 26.2 Å². The quantitative estimate of drug-likeness (QED) is 0.385. The Labute approximate surface area is 131 Å². The van der Waals surface area contributed by atoms with Gasteiger partial charge in [-0.15, -0.1) is 0 Å². The number of rotatable bonds is 6. The predicted molar refractivity (Wildman–Crippen MR) is 80.7 cm³/mol. The van der Waals surface area contributed by atoms with Gasteiger partial charge in [0.25, 0.3) is 0 Å². The van der Waals surface area contributed by atoms with Crippen LogP contribution in [-0.4, -0.2) is 12.4 Å². The molecule has 0 amide bonds. The number of hydrogen-bond donors (Lipinski definition) is 0. The van der Waals surface area contributed by atoms with Gasteiger partial charge in [0.15, 0.2) is 0 Å². The molecule has 0 fully saturated rings. The van der Waals surface area contributed by atoms with E-state index in [-0.39, 0.29) is 0 Å². The lowest BCUT2D eigenvalue weighted by Gasteiger charge is -2.39. The highest BCUT2D eigenvalue weighted by atomic mass is 19.4. The SMILES string of the molecule is C=C/C=C\C(=C/C)C(/C(C=C)=C/C=C\C)(C(F)(F)F)C(F)(F)F. The molecule has 0 saturated heterocycles. The molecule has 23 heavy (non-hydrogen) atoms. The summed E-state index contributed by atoms with van der Waals surface area (Å²) >= 11 is 0. The fourth-order valence-corrected chi connectivity index (χ4v) is 2.14. The molecule has 128 valence electrons. The van der Waals surface area contributed by atoms with E-state index in [4.69, 9.17) is 0 Å². The number of alkyl halides is 6. The molecule has 0 aromatic carbocycles. The summed E-state index contributed by atoms with van der Waals surface area (Å²) < 4.78 is 82.0. The third-order valence-electron chi connectivity index (χ3n) is 3.13. The number of allylic oxidation sites excluding steroid dienone is 10. The molecule has 0 aromatic heterocycles. The second kappa shape index (κ2) is 8.04. The molecule has 0 radical (unpaired) electrons. The van der Waals surface area contributed by atoms with E-state index in [2.05, 4.69) is 13.2 Å². The molecular formula is C17H18F6. The molecule has 0 spiro atoms. The van der Waals surface area contributed by atoms with E-state index in [1.165, 1.54) is 13.0 Å². The first-order valence-corrected chi connectivity index (χ1v) is 6.59. The molecule has 0 heterocycles. The van der Waals surface area contributed by atoms with E-state index in [1.54, 1.807) is 0 Å². The van der Waals surface area contributed by atoms with Crippen LogP contribution >= 0.6 is 0 Å². The standard InChI is InChI=1S/C17H18F6/c1-5-9-11-13(7-3)15(16(18,19)20,17(21,22)23)14(8-4)12-10-6-2/h5-12H,1,4H2,2-3H3/b10-6-,11-9-,13-7+,14-12+. The molecular weight excluding hydrogens is 318 g/mol. The second-order valence-corrected chi connectivity index (χ2v) is 4.44. The molecule has 0 nitrogen and oxygen atoms in total. The van der Waals surface area contributed by atoms with Crippen molar-refractivity contribution < 1.29 is 26.3 Å². The highest BCUT2D eigenvalue weighted by Gasteiger charge is 2.73. The molecule has 6 heteroatoms. The van der Waals surface area contributed by atoms with Gasteiger partial charge in [-0.1, -0.05) is 61.8 Å². The molecule has 0 rings (SSSR count). The lowest BCUT2D eigenvalue weighted by molar-refractivity contribution is -0.308. The van der Waals surface area contributed by atoms with Crippen LogP contribution in [-0.2, 0) is 0 Å². The summed E-state index contributed by atoms with van der Waals surface area (Å²) in [6, 6.07) is 0. The van der Waals surface area contributed by atoms with Crippen LogP contribution in [0, 0.1) is 5.41 Å². The molecule has 0 unspecified atom stereocenters. The van der Waals surface area contributed by atoms with E-state index in [0.717, 1.165) is 43.4 Å². The minimum atomic E-state index is -5.61. The Bertz CT molecular complexity index is 524. The van der Waals surface area contributed by atoms with Gasteiger partial charge in [0, 0.05) is 0 Å². The van der Waals surface area contributed by atoms with Crippen molar-refractivity contribution in [2.24, 2.45) is 5.41 Å². The third kappa shape index (κ3) is 4.06. The lowest BCUT2D eigenvalue weighted by atomic mass is 9.71. The zero-order valence-electron chi connectivity index (χ0n) is 12.8. The molecule has 0 bridgehead atoms. The van der Waals surface area contributed by atoms with Gasteiger partial charge < -0.3 is 0 Å². The van der Waals surface area contributed by atoms with Gasteiger partial charge in [0.2, 0.25) is 5.41 Å². The van der Waals surface area contributed by atoms with Crippen molar-refractivity contribution in [3.05, 3.63) is 72.9 Å². The second-order valence-electron chi connectivity index (χ2n) is 4.44. The fourth-order valence-electron chi connectivity index (χ4n) is 2.14. The van der Waals surface area contributed by atoms with Crippen molar-refractivity contribution in [1.82, 2.24) is 0 Å². The van der Waals surface area contributed by atoms with Crippen LogP contribution in [0.3, 0.4) is 0 Å². The van der Waals surface area contributed by atoms with Crippen LogP contribution in [0.5, 0.6) is 0 Å². The minimum absolute atomic E-state index is 0.576. The monoisotopic (exact) mass is 336 g/mol. The van der Waals surface area contributed by atoms with E-state index >= 15 is 0 Å². The number of halogens is 6. The van der Waals surface area contributed by atoms with E-state index in [0.29, 0.717) is 6.08 Å². The number of hydrogen-bond acceptors (Lipinski definition) is 0. The van der Waals surface area contributed by atoms with Crippen molar-refractivity contribution in [3.8, 4) is 0 Å². The summed E-state index contributed by atoms with van der Waals surface area (Å²) in [7, 11) is 0. The highest BCUT2D eigenvalue weighted by molar-refractivity contribution is 5.46. The summed E-state index contributed by atoms with van der Waals surface area (Å²) in [5.41, 5.74) is -6.12. The molecule has 0 aliphatic heterocycles. The fraction of sp³-hybridized carbons (Fsp3) is 0.294. The molecule has 0 aromatic rings. The Morgan fingerprint density at radius 1 is 0.826 bits per heavy atom. The van der Waals surface area contributed by atoms with Crippen LogP contribution < -0.4 is 0 Å². The van der Waals surface area contributed by atoms with Gasteiger partial charge in [-0.2, -0.15) is 26.3 Å². The largest absolute Gasteiger partial charge is 0.411 e. The van der Waals surface area contributed by atoms with Crippen molar-refractivity contribution in [1.29, 1.82) is 0 Å². The van der Waals surface area contributed by atoms with Crippen molar-refractivity contribution >= 4 is 0 Å². The highest BCUT2D eigenvalue weighted by Crippen LogP contribution is 2.59. The zero-order valence-corrected chi connectivity index (χ0v) is 12.8. The summed E-state index contributed by atoms with van der Waals surface area (Å²) in [5, 5.41) is 0. The average molecular weight is 336 g/mol. The van der Waals surface area contributed by atoms with Gasteiger partial charge in [-0.25, -0.2) is 0 Å². The maximum atomic E-state index is 13.7. The van der Waals surface area contributed by atoms with E-state index in [1.807, 2.05) is 0 Å². The van der Waals surface area contributed by atoms with Crippen molar-refractivity contribution in [2.75, 3.05) is 0 Å². The molecule has 0 N–H and O–H groups in total. The first-order chi connectivity index (χ1) is 10.5. The Hall–Kier alpha value is -1.98. The van der Waals surface area contributed by atoms with Gasteiger partial charge in [0.1, 0.15) is 0 Å². The maximum Gasteiger partial charge on any atom is 0.411 e. The van der Waals surface area contributed by atoms with E-state index < -0.39 is 28.9 Å². The zero-order chi connectivity index (χ0) is 18.3. The minimum Gasteiger partial charge on any atom is -0.169 e. The third-order valence-corrected chi connectivity index (χ3v) is 3.13. The van der Waals surface area contributed by atoms with Gasteiger partial charge in [0.05, 0.1) is 0 Å². The first-order valence-electron chi connectivity index (χ1n) is 6.59. The van der Waals surface area contributed by atoms with Crippen molar-refractivity contribution in [3.63, 3.8) is 0 Å². The molecule has 0 aliphatic carbocycles. The lowest BCUT2D eigenvalue weighted by Crippen LogP contribution is -2.52. The molecule has 0 aliphatic rings. The van der Waals surface area contributed by atoms with Gasteiger partial charge >= 0.3 is 12.4 Å². The van der Waals surface area contributed by atoms with Gasteiger partial charge in [-0.05, 0) is 25.0 Å². The summed E-state index contributed by atoms with van der Waals surface area (Å²) in [4.78, 5) is 0. The van der Waals surface area contributed by atoms with Crippen LogP contribution in [0.2, 0.25) is 0 Å². The summed E-state index contributed by atoms with van der Waals surface area (Å²) in [5.74, 6) is 0. The molecule has 0 saturated carbocycles. The van der Waals surface area contributed by atoms with Crippen LogP contribution in [0.15, 0.2) is 72.9 Å². The van der Waals surface area contributed by atoms with E-state index in [9.17, 15) is 26.3 Å². The summed E-state index contributed by atoms with van der Waals surface area (Å²) in [6.45, 7) is 8.99. The van der Waals surface area contributed by atoms with Crippen LogP contribution in [0.25, 0.3) is 0 Å². The first kappa shape index (κ1) is 21.0. The Morgan fingerprint density at radius 2 is 1.35 bits per heavy atom. The smallest absolute Gasteiger partial charge is 0.169 e. The average Bonchev–Trinajstić information content (AvgIpc) is 2.43. The Balaban J connectivity index is 6.99. The topological polar surface area (TPSA) is 0 Å². The predicted octanol–water partition coefficient (Wildman–Crippen LogP) is 6.47. The summed E-state index contributed by atoms with van der Waals surface area (Å²) in [6.07, 6.45) is -3.79. The maximum absolute atomic E-state index is 13.7.